The molecule has 1 N–H and O–H groups in total. The Hall–Kier alpha value is -1.84. The fraction of sp³-hybridized carbons (Fsp3) is 0.273. The van der Waals surface area contributed by atoms with E-state index in [2.05, 4.69) is 10.1 Å². The predicted octanol–water partition coefficient (Wildman–Crippen LogP) is 0.759. The minimum absolute atomic E-state index is 0.123. The van der Waals surface area contributed by atoms with Gasteiger partial charge in [-0.3, -0.25) is 4.79 Å². The van der Waals surface area contributed by atoms with Crippen LogP contribution in [0.4, 0.5) is 0 Å². The van der Waals surface area contributed by atoms with E-state index in [1.807, 2.05) is 0 Å². The molecule has 1 aliphatic rings. The van der Waals surface area contributed by atoms with Crippen LogP contribution in [0.5, 0.6) is 0 Å². The first-order valence-corrected chi connectivity index (χ1v) is 4.72. The summed E-state index contributed by atoms with van der Waals surface area (Å²) in [6, 6.07) is 5.07. The molecule has 2 rings (SSSR count). The molecular weight excluding hydrogens is 194 g/mol. The van der Waals surface area contributed by atoms with Gasteiger partial charge in [-0.1, -0.05) is 6.07 Å². The fourth-order valence-corrected chi connectivity index (χ4v) is 1.66. The molecular formula is C11H11NO3. The fourth-order valence-electron chi connectivity index (χ4n) is 1.66. The van der Waals surface area contributed by atoms with Crippen molar-refractivity contribution in [1.29, 1.82) is 0 Å². The van der Waals surface area contributed by atoms with Gasteiger partial charge in [-0.15, -0.1) is 0 Å². The molecule has 1 aliphatic heterocycles. The van der Waals surface area contributed by atoms with Gasteiger partial charge in [0.15, 0.2) is 0 Å². The Kier molecular flexibility index (Phi) is 2.41. The Morgan fingerprint density at radius 1 is 1.47 bits per heavy atom. The summed E-state index contributed by atoms with van der Waals surface area (Å²) >= 11 is 0. The first kappa shape index (κ1) is 9.71. The monoisotopic (exact) mass is 205 g/mol. The van der Waals surface area contributed by atoms with Crippen molar-refractivity contribution in [2.24, 2.45) is 0 Å². The first-order chi connectivity index (χ1) is 7.22. The number of esters is 1. The van der Waals surface area contributed by atoms with Crippen LogP contribution in [0.3, 0.4) is 0 Å². The Bertz CT molecular complexity index is 426. The zero-order valence-corrected chi connectivity index (χ0v) is 8.37. The van der Waals surface area contributed by atoms with Crippen LogP contribution in [0.1, 0.15) is 26.3 Å². The van der Waals surface area contributed by atoms with Gasteiger partial charge in [0.1, 0.15) is 0 Å². The van der Waals surface area contributed by atoms with Gasteiger partial charge in [0, 0.05) is 12.1 Å². The van der Waals surface area contributed by atoms with Gasteiger partial charge in [-0.05, 0) is 24.1 Å². The molecule has 1 aromatic rings. The minimum atomic E-state index is -0.420. The normalized spacial score (nSPS) is 14.1. The standard InChI is InChI=1S/C11H11NO3/c1-15-11(14)8-3-2-7-4-5-12-10(13)9(7)6-8/h2-3,6H,4-5H2,1H3,(H,12,13). The highest BCUT2D eigenvalue weighted by Crippen LogP contribution is 2.16. The van der Waals surface area contributed by atoms with Crippen LogP contribution in [-0.2, 0) is 11.2 Å². The second kappa shape index (κ2) is 3.73. The molecule has 4 heteroatoms. The maximum Gasteiger partial charge on any atom is 0.337 e. The third-order valence-electron chi connectivity index (χ3n) is 2.46. The SMILES string of the molecule is COC(=O)c1ccc2c(c1)C(=O)NCC2. The molecule has 1 heterocycles. The molecule has 0 unspecified atom stereocenters. The van der Waals surface area contributed by atoms with Crippen molar-refractivity contribution >= 4 is 11.9 Å². The van der Waals surface area contributed by atoms with Crippen LogP contribution < -0.4 is 5.32 Å². The van der Waals surface area contributed by atoms with Gasteiger partial charge in [0.05, 0.1) is 12.7 Å². The van der Waals surface area contributed by atoms with E-state index in [-0.39, 0.29) is 5.91 Å². The number of amides is 1. The molecule has 0 aromatic heterocycles. The van der Waals surface area contributed by atoms with E-state index >= 15 is 0 Å². The lowest BCUT2D eigenvalue weighted by molar-refractivity contribution is 0.0600. The highest BCUT2D eigenvalue weighted by molar-refractivity contribution is 5.99. The van der Waals surface area contributed by atoms with Crippen LogP contribution in [0.25, 0.3) is 0 Å². The number of hydrogen-bond donors (Lipinski definition) is 1. The van der Waals surface area contributed by atoms with Crippen molar-refractivity contribution in [3.05, 3.63) is 34.9 Å². The summed E-state index contributed by atoms with van der Waals surface area (Å²) in [6.45, 7) is 0.656. The third-order valence-corrected chi connectivity index (χ3v) is 2.46. The number of fused-ring (bicyclic) bond motifs is 1. The lowest BCUT2D eigenvalue weighted by Gasteiger charge is -2.16. The van der Waals surface area contributed by atoms with Crippen LogP contribution in [0.15, 0.2) is 18.2 Å². The molecule has 0 saturated heterocycles. The summed E-state index contributed by atoms with van der Waals surface area (Å²) in [5.74, 6) is -0.543. The van der Waals surface area contributed by atoms with E-state index in [9.17, 15) is 9.59 Å². The second-order valence-corrected chi connectivity index (χ2v) is 3.37. The van der Waals surface area contributed by atoms with E-state index in [1.54, 1.807) is 18.2 Å². The van der Waals surface area contributed by atoms with Crippen molar-refractivity contribution in [3.8, 4) is 0 Å². The van der Waals surface area contributed by atoms with E-state index in [4.69, 9.17) is 0 Å². The summed E-state index contributed by atoms with van der Waals surface area (Å²) in [5.41, 5.74) is 1.96. The van der Waals surface area contributed by atoms with Gasteiger partial charge < -0.3 is 10.1 Å². The number of hydrogen-bond acceptors (Lipinski definition) is 3. The van der Waals surface area contributed by atoms with E-state index < -0.39 is 5.97 Å². The molecule has 0 radical (unpaired) electrons. The van der Waals surface area contributed by atoms with Crippen LogP contribution >= 0.6 is 0 Å². The highest BCUT2D eigenvalue weighted by Gasteiger charge is 2.18. The second-order valence-electron chi connectivity index (χ2n) is 3.37. The molecule has 15 heavy (non-hydrogen) atoms. The topological polar surface area (TPSA) is 55.4 Å². The Labute approximate surface area is 87.2 Å². The number of carbonyl (C=O) groups is 2. The number of rotatable bonds is 1. The first-order valence-electron chi connectivity index (χ1n) is 4.72. The molecule has 0 bridgehead atoms. The lowest BCUT2D eigenvalue weighted by Crippen LogP contribution is -2.32. The summed E-state index contributed by atoms with van der Waals surface area (Å²) in [4.78, 5) is 22.7. The van der Waals surface area contributed by atoms with Gasteiger partial charge in [-0.2, -0.15) is 0 Å². The van der Waals surface area contributed by atoms with E-state index in [0.29, 0.717) is 17.7 Å². The number of benzene rings is 1. The van der Waals surface area contributed by atoms with Crippen LogP contribution in [-0.4, -0.2) is 25.5 Å². The molecule has 1 aromatic carbocycles. The molecule has 78 valence electrons. The maximum atomic E-state index is 11.5. The van der Waals surface area contributed by atoms with Gasteiger partial charge in [0.2, 0.25) is 0 Å². The van der Waals surface area contributed by atoms with Crippen LogP contribution in [0, 0.1) is 0 Å². The van der Waals surface area contributed by atoms with Crippen molar-refractivity contribution in [3.63, 3.8) is 0 Å². The van der Waals surface area contributed by atoms with Crippen molar-refractivity contribution in [1.82, 2.24) is 5.32 Å². The zero-order valence-electron chi connectivity index (χ0n) is 8.37. The largest absolute Gasteiger partial charge is 0.465 e. The maximum absolute atomic E-state index is 11.5. The molecule has 4 nitrogen and oxygen atoms in total. The smallest absolute Gasteiger partial charge is 0.337 e. The van der Waals surface area contributed by atoms with Crippen molar-refractivity contribution in [2.45, 2.75) is 6.42 Å². The number of carbonyl (C=O) groups excluding carboxylic acids is 2. The molecule has 0 saturated carbocycles. The Morgan fingerprint density at radius 2 is 2.27 bits per heavy atom. The zero-order chi connectivity index (χ0) is 10.8. The molecule has 0 spiro atoms. The Balaban J connectivity index is 2.44. The average molecular weight is 205 g/mol. The third kappa shape index (κ3) is 1.70. The molecule has 0 atom stereocenters. The minimum Gasteiger partial charge on any atom is -0.465 e. The van der Waals surface area contributed by atoms with E-state index in [0.717, 1.165) is 12.0 Å². The molecule has 1 amide bonds. The van der Waals surface area contributed by atoms with Crippen LogP contribution in [0.2, 0.25) is 0 Å². The Morgan fingerprint density at radius 3 is 3.00 bits per heavy atom. The highest BCUT2D eigenvalue weighted by atomic mass is 16.5. The summed E-state index contributed by atoms with van der Waals surface area (Å²) < 4.78 is 4.59. The van der Waals surface area contributed by atoms with Crippen molar-refractivity contribution in [2.75, 3.05) is 13.7 Å². The molecule has 0 aliphatic carbocycles. The number of ether oxygens (including phenoxy) is 1. The van der Waals surface area contributed by atoms with Crippen molar-refractivity contribution < 1.29 is 14.3 Å². The number of nitrogens with one attached hydrogen (secondary N) is 1. The summed E-state index contributed by atoms with van der Waals surface area (Å²) in [6.07, 6.45) is 0.808. The summed E-state index contributed by atoms with van der Waals surface area (Å²) in [7, 11) is 1.32. The predicted molar refractivity (Wildman–Crippen MR) is 53.8 cm³/mol. The van der Waals surface area contributed by atoms with Gasteiger partial charge >= 0.3 is 5.97 Å². The average Bonchev–Trinajstić information content (AvgIpc) is 2.28. The van der Waals surface area contributed by atoms with Gasteiger partial charge in [0.25, 0.3) is 5.91 Å². The lowest BCUT2D eigenvalue weighted by atomic mass is 9.98. The van der Waals surface area contributed by atoms with Gasteiger partial charge in [-0.25, -0.2) is 4.79 Å². The summed E-state index contributed by atoms with van der Waals surface area (Å²) in [5, 5.41) is 2.73. The molecule has 0 fully saturated rings. The van der Waals surface area contributed by atoms with E-state index in [1.165, 1.54) is 7.11 Å². The quantitative estimate of drug-likeness (QED) is 0.688. The number of methoxy groups -OCH3 is 1.